The van der Waals surface area contributed by atoms with Crippen LogP contribution in [0.5, 0.6) is 0 Å². The number of rotatable bonds is 5. The molecule has 1 heterocycles. The van der Waals surface area contributed by atoms with E-state index in [4.69, 9.17) is 0 Å². The van der Waals surface area contributed by atoms with Crippen molar-refractivity contribution in [3.05, 3.63) is 29.3 Å². The van der Waals surface area contributed by atoms with Crippen molar-refractivity contribution < 1.29 is 9.90 Å². The second kappa shape index (κ2) is 7.57. The van der Waals surface area contributed by atoms with Crippen LogP contribution in [0.3, 0.4) is 0 Å². The van der Waals surface area contributed by atoms with Crippen molar-refractivity contribution in [2.75, 3.05) is 25.0 Å². The molecule has 116 valence electrons. The van der Waals surface area contributed by atoms with Gasteiger partial charge in [0.2, 0.25) is 5.91 Å². The largest absolute Gasteiger partial charge is 0.395 e. The maximum absolute atomic E-state index is 12.3. The van der Waals surface area contributed by atoms with Gasteiger partial charge in [0, 0.05) is 11.7 Å². The van der Waals surface area contributed by atoms with Crippen LogP contribution in [-0.2, 0) is 11.2 Å². The fraction of sp³-hybridized carbons (Fsp3) is 0.588. The average molecular weight is 290 g/mol. The highest BCUT2D eigenvalue weighted by Gasteiger charge is 2.23. The van der Waals surface area contributed by atoms with Crippen LogP contribution >= 0.6 is 0 Å². The molecule has 0 radical (unpaired) electrons. The smallest absolute Gasteiger partial charge is 0.238 e. The third-order valence-electron chi connectivity index (χ3n) is 4.31. The second-order valence-corrected chi connectivity index (χ2v) is 5.81. The molecule has 0 unspecified atom stereocenters. The molecule has 0 aromatic heterocycles. The van der Waals surface area contributed by atoms with Gasteiger partial charge in [0.15, 0.2) is 0 Å². The van der Waals surface area contributed by atoms with Crippen LogP contribution in [0.2, 0.25) is 0 Å². The summed E-state index contributed by atoms with van der Waals surface area (Å²) < 4.78 is 0. The predicted molar refractivity (Wildman–Crippen MR) is 85.5 cm³/mol. The van der Waals surface area contributed by atoms with Crippen LogP contribution in [0.4, 0.5) is 5.69 Å². The van der Waals surface area contributed by atoms with Crippen molar-refractivity contribution in [1.29, 1.82) is 0 Å². The first-order valence-corrected chi connectivity index (χ1v) is 7.89. The number of likely N-dealkylation sites (tertiary alicyclic amines) is 1. The summed E-state index contributed by atoms with van der Waals surface area (Å²) in [4.78, 5) is 14.4. The van der Waals surface area contributed by atoms with E-state index in [1.807, 2.05) is 19.1 Å². The van der Waals surface area contributed by atoms with Crippen molar-refractivity contribution in [3.8, 4) is 0 Å². The minimum Gasteiger partial charge on any atom is -0.395 e. The topological polar surface area (TPSA) is 52.6 Å². The van der Waals surface area contributed by atoms with Gasteiger partial charge < -0.3 is 10.4 Å². The molecule has 1 aliphatic heterocycles. The summed E-state index contributed by atoms with van der Waals surface area (Å²) in [5.74, 6) is 0.0133. The van der Waals surface area contributed by atoms with E-state index in [2.05, 4.69) is 23.2 Å². The number of carbonyl (C=O) groups excluding carboxylic acids is 1. The average Bonchev–Trinajstić information content (AvgIpc) is 2.49. The summed E-state index contributed by atoms with van der Waals surface area (Å²) in [7, 11) is 0. The van der Waals surface area contributed by atoms with Crippen LogP contribution in [-0.4, -0.2) is 41.7 Å². The molecule has 4 nitrogen and oxygen atoms in total. The first-order valence-electron chi connectivity index (χ1n) is 7.89. The molecule has 4 heteroatoms. The van der Waals surface area contributed by atoms with Crippen LogP contribution in [0.15, 0.2) is 18.2 Å². The SMILES string of the molecule is CCc1cccc(C)c1NC(=O)CN1CCCC[C@@H]1CO. The zero-order valence-electron chi connectivity index (χ0n) is 13.1. The number of benzene rings is 1. The number of piperidine rings is 1. The highest BCUT2D eigenvalue weighted by molar-refractivity contribution is 5.93. The number of aryl methyl sites for hydroxylation is 2. The van der Waals surface area contributed by atoms with Gasteiger partial charge in [-0.05, 0) is 43.9 Å². The molecule has 2 rings (SSSR count). The summed E-state index contributed by atoms with van der Waals surface area (Å²) in [6.45, 7) is 5.51. The van der Waals surface area contributed by atoms with Gasteiger partial charge in [-0.25, -0.2) is 0 Å². The lowest BCUT2D eigenvalue weighted by Crippen LogP contribution is -2.45. The molecule has 1 saturated heterocycles. The molecule has 1 aromatic rings. The minimum atomic E-state index is 0.0133. The zero-order chi connectivity index (χ0) is 15.2. The van der Waals surface area contributed by atoms with Gasteiger partial charge in [-0.1, -0.05) is 31.5 Å². The maximum Gasteiger partial charge on any atom is 0.238 e. The number of nitrogens with one attached hydrogen (secondary N) is 1. The summed E-state index contributed by atoms with van der Waals surface area (Å²) >= 11 is 0. The molecular weight excluding hydrogens is 264 g/mol. The van der Waals surface area contributed by atoms with Crippen molar-refractivity contribution in [1.82, 2.24) is 4.90 Å². The minimum absolute atomic E-state index is 0.0133. The Morgan fingerprint density at radius 1 is 1.43 bits per heavy atom. The van der Waals surface area contributed by atoms with E-state index in [1.165, 1.54) is 5.56 Å². The zero-order valence-corrected chi connectivity index (χ0v) is 13.1. The Morgan fingerprint density at radius 2 is 2.24 bits per heavy atom. The van der Waals surface area contributed by atoms with Crippen LogP contribution in [0.1, 0.15) is 37.3 Å². The molecule has 1 fully saturated rings. The molecule has 0 spiro atoms. The van der Waals surface area contributed by atoms with Gasteiger partial charge in [-0.15, -0.1) is 0 Å². The van der Waals surface area contributed by atoms with Gasteiger partial charge in [-0.2, -0.15) is 0 Å². The number of anilines is 1. The fourth-order valence-electron chi connectivity index (χ4n) is 3.04. The normalized spacial score (nSPS) is 19.5. The third-order valence-corrected chi connectivity index (χ3v) is 4.31. The lowest BCUT2D eigenvalue weighted by Gasteiger charge is -2.33. The maximum atomic E-state index is 12.3. The van der Waals surface area contributed by atoms with Gasteiger partial charge in [0.25, 0.3) is 0 Å². The van der Waals surface area contributed by atoms with E-state index in [0.29, 0.717) is 6.54 Å². The number of amides is 1. The molecule has 1 amide bonds. The predicted octanol–water partition coefficient (Wildman–Crippen LogP) is 2.34. The summed E-state index contributed by atoms with van der Waals surface area (Å²) in [6, 6.07) is 6.23. The molecule has 1 aliphatic rings. The Labute approximate surface area is 127 Å². The molecule has 1 aromatic carbocycles. The number of nitrogens with zero attached hydrogens (tertiary/aromatic N) is 1. The Kier molecular flexibility index (Phi) is 5.76. The first kappa shape index (κ1) is 16.0. The standard InChI is InChI=1S/C17H26N2O2/c1-3-14-8-6-7-13(2)17(14)18-16(21)11-19-10-5-4-9-15(19)12-20/h6-8,15,20H,3-5,9-12H2,1-2H3,(H,18,21)/t15-/m1/s1. The Hall–Kier alpha value is -1.39. The lowest BCUT2D eigenvalue weighted by molar-refractivity contribution is -0.118. The Bertz CT molecular complexity index is 488. The number of aliphatic hydroxyl groups excluding tert-OH is 1. The first-order chi connectivity index (χ1) is 10.2. The number of carbonyl (C=O) groups is 1. The number of aliphatic hydroxyl groups is 1. The number of hydrogen-bond acceptors (Lipinski definition) is 3. The summed E-state index contributed by atoms with van der Waals surface area (Å²) in [5, 5.41) is 12.5. The van der Waals surface area contributed by atoms with E-state index in [1.54, 1.807) is 0 Å². The van der Waals surface area contributed by atoms with Crippen molar-refractivity contribution in [3.63, 3.8) is 0 Å². The van der Waals surface area contributed by atoms with Crippen LogP contribution < -0.4 is 5.32 Å². The van der Waals surface area contributed by atoms with Gasteiger partial charge >= 0.3 is 0 Å². The van der Waals surface area contributed by atoms with Gasteiger partial charge in [0.05, 0.1) is 13.2 Å². The molecule has 0 aliphatic carbocycles. The highest BCUT2D eigenvalue weighted by Crippen LogP contribution is 2.22. The summed E-state index contributed by atoms with van der Waals surface area (Å²) in [6.07, 6.45) is 4.13. The van der Waals surface area contributed by atoms with E-state index < -0.39 is 0 Å². The Morgan fingerprint density at radius 3 is 2.95 bits per heavy atom. The quantitative estimate of drug-likeness (QED) is 0.875. The van der Waals surface area contributed by atoms with Crippen LogP contribution in [0.25, 0.3) is 0 Å². The lowest BCUT2D eigenvalue weighted by atomic mass is 10.0. The van der Waals surface area contributed by atoms with Crippen molar-refractivity contribution >= 4 is 11.6 Å². The van der Waals surface area contributed by atoms with Crippen LogP contribution in [0, 0.1) is 6.92 Å². The molecular formula is C17H26N2O2. The number of para-hydroxylation sites is 1. The monoisotopic (exact) mass is 290 g/mol. The van der Waals surface area contributed by atoms with E-state index in [9.17, 15) is 9.90 Å². The van der Waals surface area contributed by atoms with Gasteiger partial charge in [0.1, 0.15) is 0 Å². The molecule has 2 N–H and O–H groups in total. The van der Waals surface area contributed by atoms with E-state index >= 15 is 0 Å². The van der Waals surface area contributed by atoms with Crippen molar-refractivity contribution in [2.24, 2.45) is 0 Å². The van der Waals surface area contributed by atoms with E-state index in [0.717, 1.165) is 43.5 Å². The van der Waals surface area contributed by atoms with E-state index in [-0.39, 0.29) is 18.6 Å². The summed E-state index contributed by atoms with van der Waals surface area (Å²) in [5.41, 5.74) is 3.21. The Balaban J connectivity index is 2.01. The van der Waals surface area contributed by atoms with Gasteiger partial charge in [-0.3, -0.25) is 9.69 Å². The molecule has 0 bridgehead atoms. The third kappa shape index (κ3) is 4.05. The highest BCUT2D eigenvalue weighted by atomic mass is 16.3. The molecule has 21 heavy (non-hydrogen) atoms. The number of hydrogen-bond donors (Lipinski definition) is 2. The molecule has 0 saturated carbocycles. The molecule has 1 atom stereocenters. The van der Waals surface area contributed by atoms with Crippen molar-refractivity contribution in [2.45, 2.75) is 45.6 Å². The second-order valence-electron chi connectivity index (χ2n) is 5.81. The fourth-order valence-corrected chi connectivity index (χ4v) is 3.04.